The fourth-order valence-electron chi connectivity index (χ4n) is 1.08. The molecule has 4 heteroatoms. The minimum atomic E-state index is -1.37. The van der Waals surface area contributed by atoms with Crippen molar-refractivity contribution in [1.29, 1.82) is 0 Å². The Balaban J connectivity index is 2.74. The van der Waals surface area contributed by atoms with E-state index >= 15 is 0 Å². The zero-order valence-corrected chi connectivity index (χ0v) is 9.29. The molecule has 0 fully saturated rings. The largest absolute Gasteiger partial charge is 0.489 e. The highest BCUT2D eigenvalue weighted by molar-refractivity contribution is 7.99. The molecular formula is C10H15BO2S. The summed E-state index contributed by atoms with van der Waals surface area (Å²) >= 11 is 1.66. The molecule has 0 saturated carbocycles. The molecule has 0 spiro atoms. The maximum absolute atomic E-state index is 9.11. The van der Waals surface area contributed by atoms with Gasteiger partial charge in [0.05, 0.1) is 0 Å². The first-order valence-electron chi connectivity index (χ1n) is 4.69. The van der Waals surface area contributed by atoms with Crippen molar-refractivity contribution in [3.8, 4) is 0 Å². The maximum atomic E-state index is 9.11. The fourth-order valence-corrected chi connectivity index (χ4v) is 2.11. The summed E-state index contributed by atoms with van der Waals surface area (Å²) in [7, 11) is -1.37. The number of thioether (sulfide) groups is 1. The van der Waals surface area contributed by atoms with Crippen molar-refractivity contribution in [2.24, 2.45) is 5.92 Å². The average Bonchev–Trinajstić information content (AvgIpc) is 2.15. The topological polar surface area (TPSA) is 40.5 Å². The van der Waals surface area contributed by atoms with Crippen LogP contribution in [-0.4, -0.2) is 22.9 Å². The van der Waals surface area contributed by atoms with Crippen molar-refractivity contribution in [3.63, 3.8) is 0 Å². The van der Waals surface area contributed by atoms with E-state index in [1.165, 1.54) is 0 Å². The number of hydrogen-bond donors (Lipinski definition) is 2. The van der Waals surface area contributed by atoms with E-state index in [2.05, 4.69) is 13.8 Å². The number of benzene rings is 1. The van der Waals surface area contributed by atoms with Gasteiger partial charge in [-0.2, -0.15) is 0 Å². The van der Waals surface area contributed by atoms with Gasteiger partial charge in [-0.3, -0.25) is 0 Å². The van der Waals surface area contributed by atoms with Gasteiger partial charge in [-0.1, -0.05) is 32.0 Å². The molecule has 0 radical (unpaired) electrons. The average molecular weight is 210 g/mol. The van der Waals surface area contributed by atoms with Crippen molar-refractivity contribution in [2.45, 2.75) is 18.7 Å². The first kappa shape index (κ1) is 11.6. The Bertz CT molecular complexity index is 289. The maximum Gasteiger partial charge on any atom is 0.489 e. The van der Waals surface area contributed by atoms with E-state index in [1.807, 2.05) is 18.2 Å². The van der Waals surface area contributed by atoms with Crippen LogP contribution in [0.15, 0.2) is 29.2 Å². The van der Waals surface area contributed by atoms with Gasteiger partial charge in [0.2, 0.25) is 0 Å². The highest BCUT2D eigenvalue weighted by Crippen LogP contribution is 2.18. The van der Waals surface area contributed by atoms with Gasteiger partial charge in [0.1, 0.15) is 0 Å². The standard InChI is InChI=1S/C10H15BO2S/c1-8(2)7-14-10-6-4-3-5-9(10)11(12)13/h3-6,8,12-13H,7H2,1-2H3. The quantitative estimate of drug-likeness (QED) is 0.577. The predicted octanol–water partition coefficient (Wildman–Crippen LogP) is 1.11. The molecule has 0 aromatic heterocycles. The minimum absolute atomic E-state index is 0.596. The molecule has 0 bridgehead atoms. The third-order valence-electron chi connectivity index (χ3n) is 1.77. The lowest BCUT2D eigenvalue weighted by atomic mass is 9.80. The zero-order chi connectivity index (χ0) is 10.6. The SMILES string of the molecule is CC(C)CSc1ccccc1B(O)O. The second-order valence-corrected chi connectivity index (χ2v) is 4.68. The molecule has 1 aromatic rings. The summed E-state index contributed by atoms with van der Waals surface area (Å²) in [5.41, 5.74) is 0.596. The predicted molar refractivity (Wildman–Crippen MR) is 61.8 cm³/mol. The third kappa shape index (κ3) is 3.37. The van der Waals surface area contributed by atoms with Crippen LogP contribution in [0.3, 0.4) is 0 Å². The molecule has 0 aliphatic rings. The van der Waals surface area contributed by atoms with E-state index in [4.69, 9.17) is 10.0 Å². The molecule has 0 amide bonds. The van der Waals surface area contributed by atoms with Gasteiger partial charge in [-0.25, -0.2) is 0 Å². The molecular weight excluding hydrogens is 195 g/mol. The van der Waals surface area contributed by atoms with Gasteiger partial charge < -0.3 is 10.0 Å². The van der Waals surface area contributed by atoms with Gasteiger partial charge >= 0.3 is 7.12 Å². The van der Waals surface area contributed by atoms with Crippen LogP contribution in [-0.2, 0) is 0 Å². The van der Waals surface area contributed by atoms with E-state index in [0.717, 1.165) is 10.6 Å². The smallest absolute Gasteiger partial charge is 0.423 e. The summed E-state index contributed by atoms with van der Waals surface area (Å²) in [6.07, 6.45) is 0. The van der Waals surface area contributed by atoms with Crippen molar-refractivity contribution >= 4 is 24.3 Å². The van der Waals surface area contributed by atoms with E-state index in [0.29, 0.717) is 11.4 Å². The van der Waals surface area contributed by atoms with E-state index < -0.39 is 7.12 Å². The Morgan fingerprint density at radius 1 is 1.29 bits per heavy atom. The normalized spacial score (nSPS) is 10.6. The van der Waals surface area contributed by atoms with Gasteiger partial charge in [0, 0.05) is 10.6 Å². The van der Waals surface area contributed by atoms with E-state index in [9.17, 15) is 0 Å². The molecule has 2 nitrogen and oxygen atoms in total. The molecule has 0 aliphatic carbocycles. The molecule has 1 rings (SSSR count). The highest BCUT2D eigenvalue weighted by atomic mass is 32.2. The molecule has 0 aliphatic heterocycles. The first-order chi connectivity index (χ1) is 6.61. The van der Waals surface area contributed by atoms with Gasteiger partial charge in [-0.05, 0) is 17.4 Å². The summed E-state index contributed by atoms with van der Waals surface area (Å²) in [6, 6.07) is 7.39. The monoisotopic (exact) mass is 210 g/mol. The van der Waals surface area contributed by atoms with Crippen LogP contribution >= 0.6 is 11.8 Å². The highest BCUT2D eigenvalue weighted by Gasteiger charge is 2.15. The van der Waals surface area contributed by atoms with Crippen LogP contribution in [0.2, 0.25) is 0 Å². The fraction of sp³-hybridized carbons (Fsp3) is 0.400. The van der Waals surface area contributed by atoms with Crippen LogP contribution in [0.4, 0.5) is 0 Å². The van der Waals surface area contributed by atoms with E-state index in [-0.39, 0.29) is 0 Å². The number of hydrogen-bond acceptors (Lipinski definition) is 3. The van der Waals surface area contributed by atoms with Gasteiger partial charge in [0.25, 0.3) is 0 Å². The number of rotatable bonds is 4. The second-order valence-electron chi connectivity index (χ2n) is 3.62. The summed E-state index contributed by atoms with van der Waals surface area (Å²) in [5, 5.41) is 18.2. The van der Waals surface area contributed by atoms with Crippen molar-refractivity contribution in [2.75, 3.05) is 5.75 Å². The summed E-state index contributed by atoms with van der Waals surface area (Å²) < 4.78 is 0. The lowest BCUT2D eigenvalue weighted by Crippen LogP contribution is -2.31. The van der Waals surface area contributed by atoms with Crippen molar-refractivity contribution < 1.29 is 10.0 Å². The van der Waals surface area contributed by atoms with Crippen LogP contribution in [0, 0.1) is 5.92 Å². The Morgan fingerprint density at radius 3 is 2.50 bits per heavy atom. The molecule has 76 valence electrons. The molecule has 2 N–H and O–H groups in total. The van der Waals surface area contributed by atoms with Gasteiger partial charge in [-0.15, -0.1) is 11.8 Å². The van der Waals surface area contributed by atoms with Crippen LogP contribution in [0.1, 0.15) is 13.8 Å². The Kier molecular flexibility index (Phi) is 4.52. The minimum Gasteiger partial charge on any atom is -0.423 e. The second kappa shape index (κ2) is 5.44. The lowest BCUT2D eigenvalue weighted by Gasteiger charge is -2.09. The Labute approximate surface area is 89.5 Å². The molecule has 0 unspecified atom stereocenters. The van der Waals surface area contributed by atoms with Crippen molar-refractivity contribution in [3.05, 3.63) is 24.3 Å². The Morgan fingerprint density at radius 2 is 1.93 bits per heavy atom. The summed E-state index contributed by atoms with van der Waals surface area (Å²) in [5.74, 6) is 1.59. The molecule has 0 saturated heterocycles. The lowest BCUT2D eigenvalue weighted by molar-refractivity contribution is 0.425. The van der Waals surface area contributed by atoms with Gasteiger partial charge in [0.15, 0.2) is 0 Å². The van der Waals surface area contributed by atoms with Crippen LogP contribution in [0.5, 0.6) is 0 Å². The molecule has 14 heavy (non-hydrogen) atoms. The molecule has 1 aromatic carbocycles. The summed E-state index contributed by atoms with van der Waals surface area (Å²) in [4.78, 5) is 0.955. The van der Waals surface area contributed by atoms with Crippen molar-refractivity contribution in [1.82, 2.24) is 0 Å². The zero-order valence-electron chi connectivity index (χ0n) is 8.47. The molecule has 0 heterocycles. The summed E-state index contributed by atoms with van der Waals surface area (Å²) in [6.45, 7) is 4.29. The van der Waals surface area contributed by atoms with Crippen LogP contribution < -0.4 is 5.46 Å². The molecule has 0 atom stereocenters. The Hall–Kier alpha value is -0.445. The first-order valence-corrected chi connectivity index (χ1v) is 5.67. The van der Waals surface area contributed by atoms with Crippen LogP contribution in [0.25, 0.3) is 0 Å². The third-order valence-corrected chi connectivity index (χ3v) is 3.29. The van der Waals surface area contributed by atoms with E-state index in [1.54, 1.807) is 17.8 Å².